The van der Waals surface area contributed by atoms with Crippen molar-refractivity contribution in [1.29, 1.82) is 0 Å². The molecule has 0 aliphatic carbocycles. The molecule has 3 nitrogen and oxygen atoms in total. The number of nitrogens with zero attached hydrogens (tertiary/aromatic N) is 1. The Balaban J connectivity index is 3.03. The van der Waals surface area contributed by atoms with Gasteiger partial charge in [-0.15, -0.1) is 0 Å². The van der Waals surface area contributed by atoms with Crippen LogP contribution in [-0.2, 0) is 6.42 Å². The van der Waals surface area contributed by atoms with Gasteiger partial charge in [0, 0.05) is 5.56 Å². The number of hydrogen-bond donors (Lipinski definition) is 1. The molecule has 1 N–H and O–H groups in total. The third-order valence-electron chi connectivity index (χ3n) is 1.37. The monoisotopic (exact) mass is 172 g/mol. The lowest BCUT2D eigenvalue weighted by Gasteiger charge is -1.95. The molecule has 0 saturated heterocycles. The van der Waals surface area contributed by atoms with E-state index in [0.717, 1.165) is 12.8 Å². The van der Waals surface area contributed by atoms with E-state index in [1.54, 1.807) is 6.07 Å². The molecule has 1 heterocycles. The molecule has 4 heteroatoms. The standard InChI is InChI=1S/C7H9ClN2O/c1-2-3-5-4-6(8)9-10-7(5)11/h4H,2-3H2,1H3,(H,10,11). The van der Waals surface area contributed by atoms with Gasteiger partial charge in [-0.1, -0.05) is 24.9 Å². The van der Waals surface area contributed by atoms with Crippen molar-refractivity contribution in [2.75, 3.05) is 0 Å². The minimum absolute atomic E-state index is 0.142. The zero-order valence-electron chi connectivity index (χ0n) is 6.22. The van der Waals surface area contributed by atoms with E-state index in [-0.39, 0.29) is 5.56 Å². The van der Waals surface area contributed by atoms with E-state index in [4.69, 9.17) is 11.6 Å². The van der Waals surface area contributed by atoms with Gasteiger partial charge >= 0.3 is 0 Å². The molecule has 60 valence electrons. The molecular formula is C7H9ClN2O. The van der Waals surface area contributed by atoms with Crippen LogP contribution in [0.1, 0.15) is 18.9 Å². The van der Waals surface area contributed by atoms with Crippen LogP contribution < -0.4 is 5.56 Å². The summed E-state index contributed by atoms with van der Waals surface area (Å²) in [5.41, 5.74) is 0.559. The number of halogens is 1. The van der Waals surface area contributed by atoms with Gasteiger partial charge in [0.1, 0.15) is 5.15 Å². The van der Waals surface area contributed by atoms with Crippen LogP contribution in [-0.4, -0.2) is 10.2 Å². The van der Waals surface area contributed by atoms with Gasteiger partial charge in [-0.3, -0.25) is 4.79 Å². The Morgan fingerprint density at radius 2 is 2.45 bits per heavy atom. The van der Waals surface area contributed by atoms with Crippen molar-refractivity contribution in [1.82, 2.24) is 10.2 Å². The van der Waals surface area contributed by atoms with Crippen LogP contribution in [0.2, 0.25) is 5.15 Å². The molecule has 1 rings (SSSR count). The van der Waals surface area contributed by atoms with Crippen molar-refractivity contribution in [2.45, 2.75) is 19.8 Å². The minimum atomic E-state index is -0.142. The molecule has 1 aromatic heterocycles. The second-order valence-corrected chi connectivity index (χ2v) is 2.68. The summed E-state index contributed by atoms with van der Waals surface area (Å²) in [6.07, 6.45) is 1.68. The van der Waals surface area contributed by atoms with Crippen LogP contribution in [0, 0.1) is 0 Å². The van der Waals surface area contributed by atoms with Crippen LogP contribution in [0.3, 0.4) is 0 Å². The number of hydrogen-bond acceptors (Lipinski definition) is 2. The minimum Gasteiger partial charge on any atom is -0.268 e. The van der Waals surface area contributed by atoms with Crippen molar-refractivity contribution < 1.29 is 0 Å². The zero-order chi connectivity index (χ0) is 8.27. The molecule has 11 heavy (non-hydrogen) atoms. The topological polar surface area (TPSA) is 45.8 Å². The van der Waals surface area contributed by atoms with Crippen molar-refractivity contribution in [2.24, 2.45) is 0 Å². The maximum absolute atomic E-state index is 11.0. The summed E-state index contributed by atoms with van der Waals surface area (Å²) in [5, 5.41) is 6.21. The highest BCUT2D eigenvalue weighted by Gasteiger charge is 1.98. The first-order chi connectivity index (χ1) is 5.24. The molecular weight excluding hydrogens is 164 g/mol. The van der Waals surface area contributed by atoms with Gasteiger partial charge in [-0.25, -0.2) is 5.10 Å². The summed E-state index contributed by atoms with van der Waals surface area (Å²) >= 11 is 5.57. The van der Waals surface area contributed by atoms with Crippen LogP contribution in [0.15, 0.2) is 10.9 Å². The third-order valence-corrected chi connectivity index (χ3v) is 1.56. The highest BCUT2D eigenvalue weighted by atomic mass is 35.5. The number of aromatic amines is 1. The number of H-pyrrole nitrogens is 1. The van der Waals surface area contributed by atoms with Gasteiger partial charge in [0.25, 0.3) is 5.56 Å². The van der Waals surface area contributed by atoms with Gasteiger partial charge in [0.2, 0.25) is 0 Å². The first kappa shape index (κ1) is 8.27. The Kier molecular flexibility index (Phi) is 2.65. The highest BCUT2D eigenvalue weighted by molar-refractivity contribution is 6.29. The summed E-state index contributed by atoms with van der Waals surface area (Å²) in [6.45, 7) is 2.01. The number of nitrogens with one attached hydrogen (secondary N) is 1. The molecule has 0 unspecified atom stereocenters. The summed E-state index contributed by atoms with van der Waals surface area (Å²) in [6, 6.07) is 1.60. The van der Waals surface area contributed by atoms with Crippen molar-refractivity contribution in [3.05, 3.63) is 27.1 Å². The maximum atomic E-state index is 11.0. The Hall–Kier alpha value is -0.830. The molecule has 0 amide bonds. The van der Waals surface area contributed by atoms with E-state index in [1.807, 2.05) is 6.92 Å². The Bertz CT molecular complexity index is 295. The number of aromatic nitrogens is 2. The summed E-state index contributed by atoms with van der Waals surface area (Å²) < 4.78 is 0. The second-order valence-electron chi connectivity index (χ2n) is 2.30. The molecule has 0 spiro atoms. The van der Waals surface area contributed by atoms with Gasteiger partial charge in [-0.2, -0.15) is 5.10 Å². The Labute approximate surface area is 69.4 Å². The zero-order valence-corrected chi connectivity index (χ0v) is 6.98. The molecule has 0 radical (unpaired) electrons. The smallest absolute Gasteiger partial charge is 0.267 e. The molecule has 0 aliphatic heterocycles. The lowest BCUT2D eigenvalue weighted by Crippen LogP contribution is -2.13. The van der Waals surface area contributed by atoms with Gasteiger partial charge in [0.05, 0.1) is 0 Å². The lowest BCUT2D eigenvalue weighted by molar-refractivity contribution is 0.869. The summed E-state index contributed by atoms with van der Waals surface area (Å²) in [5.74, 6) is 0. The van der Waals surface area contributed by atoms with Crippen LogP contribution in [0.25, 0.3) is 0 Å². The normalized spacial score (nSPS) is 10.0. The Morgan fingerprint density at radius 3 is 3.09 bits per heavy atom. The van der Waals surface area contributed by atoms with Crippen molar-refractivity contribution in [3.63, 3.8) is 0 Å². The van der Waals surface area contributed by atoms with Crippen molar-refractivity contribution in [3.8, 4) is 0 Å². The van der Waals surface area contributed by atoms with Gasteiger partial charge < -0.3 is 0 Å². The molecule has 0 aliphatic rings. The average Bonchev–Trinajstić information content (AvgIpc) is 1.98. The first-order valence-corrected chi connectivity index (χ1v) is 3.86. The number of rotatable bonds is 2. The SMILES string of the molecule is CCCc1cc(Cl)n[nH]c1=O. The predicted octanol–water partition coefficient (Wildman–Crippen LogP) is 1.38. The molecule has 0 saturated carbocycles. The highest BCUT2D eigenvalue weighted by Crippen LogP contribution is 2.03. The predicted molar refractivity (Wildman–Crippen MR) is 43.9 cm³/mol. The third kappa shape index (κ3) is 2.05. The lowest BCUT2D eigenvalue weighted by atomic mass is 10.2. The van der Waals surface area contributed by atoms with Crippen LogP contribution in [0.4, 0.5) is 0 Å². The quantitative estimate of drug-likeness (QED) is 0.733. The molecule has 0 atom stereocenters. The van der Waals surface area contributed by atoms with E-state index in [2.05, 4.69) is 10.2 Å². The van der Waals surface area contributed by atoms with E-state index in [0.29, 0.717) is 10.7 Å². The van der Waals surface area contributed by atoms with Crippen molar-refractivity contribution >= 4 is 11.6 Å². The van der Waals surface area contributed by atoms with E-state index in [9.17, 15) is 4.79 Å². The summed E-state index contributed by atoms with van der Waals surface area (Å²) in [4.78, 5) is 11.0. The first-order valence-electron chi connectivity index (χ1n) is 3.48. The maximum Gasteiger partial charge on any atom is 0.267 e. The van der Waals surface area contributed by atoms with Crippen LogP contribution >= 0.6 is 11.6 Å². The average molecular weight is 173 g/mol. The number of aryl methyl sites for hydroxylation is 1. The van der Waals surface area contributed by atoms with E-state index < -0.39 is 0 Å². The molecule has 0 aromatic carbocycles. The fourth-order valence-corrected chi connectivity index (χ4v) is 1.05. The van der Waals surface area contributed by atoms with E-state index >= 15 is 0 Å². The summed E-state index contributed by atoms with van der Waals surface area (Å²) in [7, 11) is 0. The second kappa shape index (κ2) is 3.53. The van der Waals surface area contributed by atoms with Gasteiger partial charge in [0.15, 0.2) is 0 Å². The largest absolute Gasteiger partial charge is 0.268 e. The fraction of sp³-hybridized carbons (Fsp3) is 0.429. The van der Waals surface area contributed by atoms with Gasteiger partial charge in [-0.05, 0) is 12.5 Å². The molecule has 0 bridgehead atoms. The molecule has 1 aromatic rings. The molecule has 0 fully saturated rings. The Morgan fingerprint density at radius 1 is 1.73 bits per heavy atom. The van der Waals surface area contributed by atoms with Crippen LogP contribution in [0.5, 0.6) is 0 Å². The van der Waals surface area contributed by atoms with E-state index in [1.165, 1.54) is 0 Å². The fourth-order valence-electron chi connectivity index (χ4n) is 0.873.